The van der Waals surface area contributed by atoms with Crippen molar-refractivity contribution in [2.45, 2.75) is 25.1 Å². The minimum Gasteiger partial charge on any atom is -0.342 e. The summed E-state index contributed by atoms with van der Waals surface area (Å²) in [4.78, 5) is 23.1. The number of anilines is 1. The van der Waals surface area contributed by atoms with Gasteiger partial charge in [0.05, 0.1) is 29.6 Å². The van der Waals surface area contributed by atoms with Crippen molar-refractivity contribution in [1.82, 2.24) is 14.9 Å². The smallest absolute Gasteiger partial charge is 0.324 e. The standard InChI is InChI=1S/C11H12B3ClN4O/c1-6(2)7-5-18(11(12,13)14)10(20)19(7)8-3-4-16-9(15)17-8/h3-4,6-7H,5H2,1-2H3. The molecule has 20 heavy (non-hydrogen) atoms. The van der Waals surface area contributed by atoms with Crippen LogP contribution >= 0.6 is 11.6 Å². The maximum absolute atomic E-state index is 12.5. The average molecular weight is 284 g/mol. The van der Waals surface area contributed by atoms with E-state index in [2.05, 4.69) is 9.97 Å². The first kappa shape index (κ1) is 15.2. The van der Waals surface area contributed by atoms with Gasteiger partial charge in [-0.25, -0.2) is 14.8 Å². The Hall–Kier alpha value is -1.17. The largest absolute Gasteiger partial charge is 0.342 e. The van der Waals surface area contributed by atoms with Gasteiger partial charge in [0, 0.05) is 12.7 Å². The maximum Gasteiger partial charge on any atom is 0.324 e. The van der Waals surface area contributed by atoms with Gasteiger partial charge < -0.3 is 4.90 Å². The molecular weight excluding hydrogens is 272 g/mol. The number of urea groups is 1. The minimum atomic E-state index is -1.71. The van der Waals surface area contributed by atoms with Crippen molar-refractivity contribution in [2.24, 2.45) is 5.92 Å². The van der Waals surface area contributed by atoms with Gasteiger partial charge in [-0.3, -0.25) is 4.90 Å². The summed E-state index contributed by atoms with van der Waals surface area (Å²) < 4.78 is 0. The van der Waals surface area contributed by atoms with Crippen LogP contribution in [0.25, 0.3) is 0 Å². The van der Waals surface area contributed by atoms with Crippen molar-refractivity contribution in [1.29, 1.82) is 0 Å². The Morgan fingerprint density at radius 2 is 2.10 bits per heavy atom. The number of hydrogen-bond acceptors (Lipinski definition) is 3. The van der Waals surface area contributed by atoms with Gasteiger partial charge in [-0.15, -0.1) is 0 Å². The Kier molecular flexibility index (Phi) is 4.05. The highest BCUT2D eigenvalue weighted by Crippen LogP contribution is 2.29. The molecule has 0 N–H and O–H groups in total. The predicted molar refractivity (Wildman–Crippen MR) is 80.2 cm³/mol. The summed E-state index contributed by atoms with van der Waals surface area (Å²) in [5, 5.41) is -1.65. The molecule has 2 heterocycles. The molecule has 5 nitrogen and oxygen atoms in total. The van der Waals surface area contributed by atoms with Crippen molar-refractivity contribution in [2.75, 3.05) is 11.4 Å². The summed E-state index contributed by atoms with van der Waals surface area (Å²) in [5.41, 5.74) is 0. The van der Waals surface area contributed by atoms with Crippen LogP contribution in [-0.2, 0) is 0 Å². The van der Waals surface area contributed by atoms with Crippen molar-refractivity contribution in [3.05, 3.63) is 17.5 Å². The van der Waals surface area contributed by atoms with Crippen LogP contribution in [0.3, 0.4) is 0 Å². The van der Waals surface area contributed by atoms with Crippen LogP contribution in [0.1, 0.15) is 13.8 Å². The number of amides is 2. The molecule has 1 aliphatic heterocycles. The first-order valence-corrected chi connectivity index (χ1v) is 6.55. The fraction of sp³-hybridized carbons (Fsp3) is 0.545. The van der Waals surface area contributed by atoms with Gasteiger partial charge in [0.25, 0.3) is 0 Å². The molecule has 9 heteroatoms. The molecule has 1 atom stereocenters. The highest BCUT2D eigenvalue weighted by molar-refractivity contribution is 6.59. The number of carbonyl (C=O) groups is 1. The van der Waals surface area contributed by atoms with Gasteiger partial charge in [-0.2, -0.15) is 0 Å². The molecule has 98 valence electrons. The number of halogens is 1. The zero-order valence-corrected chi connectivity index (χ0v) is 12.1. The monoisotopic (exact) mass is 284 g/mol. The molecule has 1 aromatic heterocycles. The first-order valence-electron chi connectivity index (χ1n) is 6.18. The maximum atomic E-state index is 12.5. The Morgan fingerprint density at radius 3 is 2.60 bits per heavy atom. The second kappa shape index (κ2) is 5.32. The second-order valence-electron chi connectivity index (χ2n) is 5.15. The van der Waals surface area contributed by atoms with Crippen LogP contribution in [0, 0.1) is 5.92 Å². The van der Waals surface area contributed by atoms with Crippen molar-refractivity contribution >= 4 is 47.0 Å². The summed E-state index contributed by atoms with van der Waals surface area (Å²) in [6.45, 7) is 4.30. The fourth-order valence-electron chi connectivity index (χ4n) is 2.18. The summed E-state index contributed by atoms with van der Waals surface area (Å²) in [5.74, 6) is 0.570. The number of aromatic nitrogens is 2. The molecule has 2 amide bonds. The average Bonchev–Trinajstić information content (AvgIpc) is 2.66. The Balaban J connectivity index is 2.41. The number of carbonyl (C=O) groups excluding carboxylic acids is 1. The normalized spacial score (nSPS) is 20.0. The molecule has 6 radical (unpaired) electrons. The summed E-state index contributed by atoms with van der Waals surface area (Å²) in [6.07, 6.45) is 1.48. The molecule has 1 aromatic rings. The third-order valence-corrected chi connectivity index (χ3v) is 3.42. The van der Waals surface area contributed by atoms with Crippen molar-refractivity contribution in [3.63, 3.8) is 0 Å². The number of hydrogen-bond donors (Lipinski definition) is 0. The Labute approximate surface area is 127 Å². The molecule has 2 rings (SSSR count). The van der Waals surface area contributed by atoms with Crippen molar-refractivity contribution < 1.29 is 4.79 Å². The van der Waals surface area contributed by atoms with E-state index in [-0.39, 0.29) is 17.2 Å². The number of rotatable bonds is 3. The number of nitrogens with zero attached hydrogens (tertiary/aromatic N) is 4. The van der Waals surface area contributed by atoms with Gasteiger partial charge in [0.1, 0.15) is 5.82 Å². The molecule has 1 fully saturated rings. The Bertz CT molecular complexity index is 523. The van der Waals surface area contributed by atoms with Gasteiger partial charge >= 0.3 is 6.03 Å². The Morgan fingerprint density at radius 1 is 1.45 bits per heavy atom. The van der Waals surface area contributed by atoms with Gasteiger partial charge in [-0.1, -0.05) is 19.1 Å². The topological polar surface area (TPSA) is 49.3 Å². The van der Waals surface area contributed by atoms with E-state index in [1.54, 1.807) is 6.07 Å². The first-order chi connectivity index (χ1) is 9.21. The van der Waals surface area contributed by atoms with E-state index in [9.17, 15) is 4.79 Å². The third kappa shape index (κ3) is 2.80. The van der Waals surface area contributed by atoms with E-state index in [0.29, 0.717) is 12.4 Å². The molecule has 1 saturated heterocycles. The lowest BCUT2D eigenvalue weighted by Gasteiger charge is -2.33. The third-order valence-electron chi connectivity index (χ3n) is 3.23. The van der Waals surface area contributed by atoms with Crippen LogP contribution in [0.2, 0.25) is 5.28 Å². The van der Waals surface area contributed by atoms with E-state index in [0.717, 1.165) is 0 Å². The quantitative estimate of drug-likeness (QED) is 0.600. The lowest BCUT2D eigenvalue weighted by Crippen LogP contribution is -2.52. The minimum absolute atomic E-state index is 0.0655. The summed E-state index contributed by atoms with van der Waals surface area (Å²) in [7, 11) is 16.9. The highest BCUT2D eigenvalue weighted by atomic mass is 35.5. The van der Waals surface area contributed by atoms with Crippen LogP contribution in [0.4, 0.5) is 10.6 Å². The van der Waals surface area contributed by atoms with E-state index in [1.807, 2.05) is 13.8 Å². The van der Waals surface area contributed by atoms with Crippen LogP contribution in [-0.4, -0.2) is 62.3 Å². The lowest BCUT2D eigenvalue weighted by atomic mass is 9.48. The lowest BCUT2D eigenvalue weighted by molar-refractivity contribution is 0.220. The summed E-state index contributed by atoms with van der Waals surface area (Å²) in [6, 6.07) is 1.06. The van der Waals surface area contributed by atoms with Crippen LogP contribution in [0.15, 0.2) is 12.3 Å². The van der Waals surface area contributed by atoms with Gasteiger partial charge in [0.2, 0.25) is 5.28 Å². The zero-order chi connectivity index (χ0) is 15.1. The fourth-order valence-corrected chi connectivity index (χ4v) is 2.32. The second-order valence-corrected chi connectivity index (χ2v) is 5.48. The molecule has 0 aliphatic carbocycles. The van der Waals surface area contributed by atoms with E-state index in [4.69, 9.17) is 35.1 Å². The van der Waals surface area contributed by atoms with Crippen LogP contribution in [0.5, 0.6) is 0 Å². The van der Waals surface area contributed by atoms with Gasteiger partial charge in [-0.05, 0) is 23.6 Å². The molecule has 0 spiro atoms. The summed E-state index contributed by atoms with van der Waals surface area (Å²) >= 11 is 5.78. The van der Waals surface area contributed by atoms with Crippen LogP contribution < -0.4 is 4.90 Å². The SMILES string of the molecule is [B]C([B])([B])N1CC(C(C)C)N(c2ccnc(Cl)n2)C1=O. The predicted octanol–water partition coefficient (Wildman–Crippen LogP) is 0.513. The molecule has 1 aliphatic rings. The highest BCUT2D eigenvalue weighted by Gasteiger charge is 2.43. The van der Waals surface area contributed by atoms with Gasteiger partial charge in [0.15, 0.2) is 0 Å². The molecule has 0 bridgehead atoms. The van der Waals surface area contributed by atoms with E-state index < -0.39 is 11.3 Å². The van der Waals surface area contributed by atoms with E-state index in [1.165, 1.54) is 16.0 Å². The molecule has 1 unspecified atom stereocenters. The zero-order valence-electron chi connectivity index (χ0n) is 11.3. The molecule has 0 saturated carbocycles. The molecular formula is C11H12B3ClN4O. The van der Waals surface area contributed by atoms with Crippen molar-refractivity contribution in [3.8, 4) is 0 Å². The molecule has 0 aromatic carbocycles. The van der Waals surface area contributed by atoms with E-state index >= 15 is 0 Å².